The lowest BCUT2D eigenvalue weighted by Crippen LogP contribution is -2.30. The Labute approximate surface area is 124 Å². The zero-order valence-corrected chi connectivity index (χ0v) is 12.7. The highest BCUT2D eigenvalue weighted by atomic mass is 32.1. The van der Waals surface area contributed by atoms with E-state index >= 15 is 0 Å². The molecule has 0 saturated carbocycles. The van der Waals surface area contributed by atoms with Crippen LogP contribution in [-0.2, 0) is 0 Å². The van der Waals surface area contributed by atoms with E-state index in [2.05, 4.69) is 0 Å². The van der Waals surface area contributed by atoms with Gasteiger partial charge in [0.05, 0.1) is 11.3 Å². The largest absolute Gasteiger partial charge is 0.389 e. The van der Waals surface area contributed by atoms with Gasteiger partial charge in [0.1, 0.15) is 4.99 Å². The van der Waals surface area contributed by atoms with Crippen molar-refractivity contribution in [1.82, 2.24) is 4.57 Å². The highest BCUT2D eigenvalue weighted by Gasteiger charge is 2.14. The van der Waals surface area contributed by atoms with Crippen LogP contribution < -0.4 is 11.3 Å². The number of thiocarbonyl (C=S) groups is 1. The Morgan fingerprint density at radius 3 is 2.25 bits per heavy atom. The first-order valence-electron chi connectivity index (χ1n) is 6.54. The van der Waals surface area contributed by atoms with E-state index in [9.17, 15) is 4.79 Å². The zero-order chi connectivity index (χ0) is 14.9. The first kappa shape index (κ1) is 14.5. The molecule has 1 heterocycles. The van der Waals surface area contributed by atoms with Gasteiger partial charge in [0.2, 0.25) is 0 Å². The number of hydrogen-bond acceptors (Lipinski definition) is 2. The molecule has 4 heteroatoms. The molecule has 0 spiro atoms. The highest BCUT2D eigenvalue weighted by molar-refractivity contribution is 7.80. The van der Waals surface area contributed by atoms with E-state index in [0.717, 1.165) is 11.3 Å². The maximum atomic E-state index is 12.5. The van der Waals surface area contributed by atoms with Crippen molar-refractivity contribution >= 4 is 17.2 Å². The minimum absolute atomic E-state index is 0.0353. The molecule has 1 aromatic carbocycles. The number of nitrogens with zero attached hydrogens (tertiary/aromatic N) is 1. The molecule has 0 saturated heterocycles. The normalized spacial score (nSPS) is 10.8. The topological polar surface area (TPSA) is 48.0 Å². The lowest BCUT2D eigenvalue weighted by molar-refractivity contribution is 0.584. The third-order valence-corrected chi connectivity index (χ3v) is 3.47. The fourth-order valence-electron chi connectivity index (χ4n) is 2.21. The van der Waals surface area contributed by atoms with Crippen molar-refractivity contribution in [3.8, 4) is 11.3 Å². The first-order valence-corrected chi connectivity index (χ1v) is 6.95. The van der Waals surface area contributed by atoms with Crippen molar-refractivity contribution in [2.24, 2.45) is 5.73 Å². The maximum Gasteiger partial charge on any atom is 0.261 e. The lowest BCUT2D eigenvalue weighted by Gasteiger charge is -2.18. The lowest BCUT2D eigenvalue weighted by atomic mass is 10.1. The molecule has 0 aliphatic heterocycles. The van der Waals surface area contributed by atoms with Crippen LogP contribution in [0.1, 0.15) is 31.0 Å². The summed E-state index contributed by atoms with van der Waals surface area (Å²) in [5.74, 6) is 0. The van der Waals surface area contributed by atoms with Crippen LogP contribution in [0.25, 0.3) is 11.3 Å². The van der Waals surface area contributed by atoms with E-state index in [0.29, 0.717) is 5.56 Å². The summed E-state index contributed by atoms with van der Waals surface area (Å²) in [6.07, 6.45) is 0. The Bertz CT molecular complexity index is 699. The predicted octanol–water partition coefficient (Wildman–Crippen LogP) is 3.04. The molecule has 1 aromatic heterocycles. The quantitative estimate of drug-likeness (QED) is 0.882. The Hall–Kier alpha value is -1.94. The second-order valence-electron chi connectivity index (χ2n) is 5.13. The average Bonchev–Trinajstić information content (AvgIpc) is 2.38. The molecule has 2 N–H and O–H groups in total. The summed E-state index contributed by atoms with van der Waals surface area (Å²) in [5.41, 5.74) is 8.95. The Morgan fingerprint density at radius 2 is 1.75 bits per heavy atom. The van der Waals surface area contributed by atoms with Crippen molar-refractivity contribution in [1.29, 1.82) is 0 Å². The van der Waals surface area contributed by atoms with Crippen LogP contribution in [-0.4, -0.2) is 9.56 Å². The summed E-state index contributed by atoms with van der Waals surface area (Å²) >= 11 is 4.94. The fraction of sp³-hybridized carbons (Fsp3) is 0.250. The smallest absolute Gasteiger partial charge is 0.261 e. The van der Waals surface area contributed by atoms with Crippen LogP contribution >= 0.6 is 12.2 Å². The van der Waals surface area contributed by atoms with Gasteiger partial charge in [-0.2, -0.15) is 0 Å². The van der Waals surface area contributed by atoms with Gasteiger partial charge < -0.3 is 10.3 Å². The molecule has 20 heavy (non-hydrogen) atoms. The Kier molecular flexibility index (Phi) is 4.04. The molecule has 0 aliphatic rings. The van der Waals surface area contributed by atoms with E-state index in [4.69, 9.17) is 18.0 Å². The summed E-state index contributed by atoms with van der Waals surface area (Å²) in [5, 5.41) is 0. The van der Waals surface area contributed by atoms with Crippen LogP contribution in [0, 0.1) is 6.92 Å². The van der Waals surface area contributed by atoms with E-state index in [-0.39, 0.29) is 16.6 Å². The molecule has 104 valence electrons. The van der Waals surface area contributed by atoms with Crippen LogP contribution in [0.5, 0.6) is 0 Å². The summed E-state index contributed by atoms with van der Waals surface area (Å²) in [4.78, 5) is 12.6. The second-order valence-corrected chi connectivity index (χ2v) is 5.57. The molecular weight excluding hydrogens is 268 g/mol. The third-order valence-electron chi connectivity index (χ3n) is 3.25. The zero-order valence-electron chi connectivity index (χ0n) is 11.9. The van der Waals surface area contributed by atoms with Gasteiger partial charge in [-0.05, 0) is 38.5 Å². The Balaban J connectivity index is 2.71. The number of rotatable bonds is 3. The van der Waals surface area contributed by atoms with Crippen LogP contribution in [0.2, 0.25) is 0 Å². The summed E-state index contributed by atoms with van der Waals surface area (Å²) < 4.78 is 1.74. The van der Waals surface area contributed by atoms with Gasteiger partial charge in [0, 0.05) is 6.04 Å². The van der Waals surface area contributed by atoms with Gasteiger partial charge in [-0.3, -0.25) is 4.79 Å². The standard InChI is InChI=1S/C16H18N2OS/c1-10(2)18-14(12-6-4-11(3)5-7-12)9-8-13(15(17)20)16(18)19/h4-10H,1-3H3,(H2,17,20). The van der Waals surface area contributed by atoms with Crippen LogP contribution in [0.4, 0.5) is 0 Å². The molecule has 0 amide bonds. The molecule has 3 nitrogen and oxygen atoms in total. The molecule has 0 aliphatic carbocycles. The average molecular weight is 286 g/mol. The molecule has 0 radical (unpaired) electrons. The minimum Gasteiger partial charge on any atom is -0.389 e. The number of hydrogen-bond donors (Lipinski definition) is 1. The Morgan fingerprint density at radius 1 is 1.15 bits per heavy atom. The van der Waals surface area contributed by atoms with Crippen molar-refractivity contribution in [3.05, 3.63) is 57.9 Å². The van der Waals surface area contributed by atoms with Crippen LogP contribution in [0.15, 0.2) is 41.2 Å². The van der Waals surface area contributed by atoms with Gasteiger partial charge in [-0.25, -0.2) is 0 Å². The monoisotopic (exact) mass is 286 g/mol. The minimum atomic E-state index is -0.134. The van der Waals surface area contributed by atoms with Crippen LogP contribution in [0.3, 0.4) is 0 Å². The van der Waals surface area contributed by atoms with Gasteiger partial charge in [-0.15, -0.1) is 0 Å². The molecule has 0 atom stereocenters. The van der Waals surface area contributed by atoms with E-state index in [1.165, 1.54) is 5.56 Å². The van der Waals surface area contributed by atoms with E-state index < -0.39 is 0 Å². The number of aryl methyl sites for hydroxylation is 1. The number of pyridine rings is 1. The summed E-state index contributed by atoms with van der Waals surface area (Å²) in [7, 11) is 0. The fourth-order valence-corrected chi connectivity index (χ4v) is 2.37. The molecule has 0 unspecified atom stereocenters. The summed E-state index contributed by atoms with van der Waals surface area (Å²) in [6.45, 7) is 5.99. The predicted molar refractivity (Wildman–Crippen MR) is 87.1 cm³/mol. The van der Waals surface area contributed by atoms with Crippen molar-refractivity contribution in [3.63, 3.8) is 0 Å². The molecular formula is C16H18N2OS. The molecule has 0 fully saturated rings. The maximum absolute atomic E-state index is 12.5. The van der Waals surface area contributed by atoms with Gasteiger partial charge in [0.25, 0.3) is 5.56 Å². The van der Waals surface area contributed by atoms with Crippen molar-refractivity contribution in [2.75, 3.05) is 0 Å². The third kappa shape index (κ3) is 2.65. The highest BCUT2D eigenvalue weighted by Crippen LogP contribution is 2.21. The molecule has 0 bridgehead atoms. The molecule has 2 rings (SSSR count). The number of aromatic nitrogens is 1. The number of benzene rings is 1. The van der Waals surface area contributed by atoms with E-state index in [1.54, 1.807) is 10.6 Å². The first-order chi connectivity index (χ1) is 9.41. The van der Waals surface area contributed by atoms with Crippen molar-refractivity contribution < 1.29 is 0 Å². The van der Waals surface area contributed by atoms with Gasteiger partial charge >= 0.3 is 0 Å². The van der Waals surface area contributed by atoms with E-state index in [1.807, 2.05) is 51.1 Å². The SMILES string of the molecule is Cc1ccc(-c2ccc(C(N)=S)c(=O)n2C(C)C)cc1. The van der Waals surface area contributed by atoms with Gasteiger partial charge in [-0.1, -0.05) is 42.0 Å². The van der Waals surface area contributed by atoms with Gasteiger partial charge in [0.15, 0.2) is 0 Å². The molecule has 2 aromatic rings. The second kappa shape index (κ2) is 5.59. The van der Waals surface area contributed by atoms with Crippen molar-refractivity contribution in [2.45, 2.75) is 26.8 Å². The number of nitrogens with two attached hydrogens (primary N) is 1. The summed E-state index contributed by atoms with van der Waals surface area (Å²) in [6, 6.07) is 11.7.